The van der Waals surface area contributed by atoms with Gasteiger partial charge in [-0.2, -0.15) is 0 Å². The van der Waals surface area contributed by atoms with Crippen molar-refractivity contribution in [2.75, 3.05) is 26.8 Å². The van der Waals surface area contributed by atoms with Crippen LogP contribution in [0, 0.1) is 5.41 Å². The van der Waals surface area contributed by atoms with E-state index in [1.165, 1.54) is 0 Å². The zero-order chi connectivity index (χ0) is 13.0. The van der Waals surface area contributed by atoms with Gasteiger partial charge in [0.25, 0.3) is 0 Å². The van der Waals surface area contributed by atoms with E-state index in [0.29, 0.717) is 13.2 Å². The van der Waals surface area contributed by atoms with Crippen LogP contribution < -0.4 is 0 Å². The van der Waals surface area contributed by atoms with E-state index < -0.39 is 0 Å². The van der Waals surface area contributed by atoms with Gasteiger partial charge in [-0.15, -0.1) is 0 Å². The molecule has 0 radical (unpaired) electrons. The topological polar surface area (TPSA) is 47.4 Å². The van der Waals surface area contributed by atoms with Crippen molar-refractivity contribution in [1.82, 2.24) is 14.5 Å². The molecule has 0 amide bonds. The molecule has 1 aliphatic heterocycles. The molecule has 1 aromatic rings. The van der Waals surface area contributed by atoms with Gasteiger partial charge in [0.1, 0.15) is 12.1 Å². The van der Waals surface area contributed by atoms with Gasteiger partial charge in [-0.3, -0.25) is 4.90 Å². The standard InChI is InChI=1S/C13H21N3O2/c1-15(9-12-14-5-6-16(12)2)10-13(11-17)3-7-18-8-4-13/h5-6,11H,3-4,7-10H2,1-2H3. The molecule has 0 aliphatic carbocycles. The molecule has 0 spiro atoms. The van der Waals surface area contributed by atoms with Gasteiger partial charge < -0.3 is 14.1 Å². The highest BCUT2D eigenvalue weighted by atomic mass is 16.5. The SMILES string of the molecule is CN(Cc1nccn1C)CC1(C=O)CCOCC1. The summed E-state index contributed by atoms with van der Waals surface area (Å²) in [7, 11) is 4.02. The van der Waals surface area contributed by atoms with Gasteiger partial charge in [-0.1, -0.05) is 0 Å². The first-order valence-corrected chi connectivity index (χ1v) is 6.34. The van der Waals surface area contributed by atoms with E-state index in [9.17, 15) is 4.79 Å². The maximum Gasteiger partial charge on any atom is 0.127 e. The van der Waals surface area contributed by atoms with Gasteiger partial charge in [0.15, 0.2) is 0 Å². The Morgan fingerprint density at radius 2 is 2.28 bits per heavy atom. The lowest BCUT2D eigenvalue weighted by atomic mass is 9.81. The van der Waals surface area contributed by atoms with Crippen LogP contribution in [0.4, 0.5) is 0 Å². The number of ether oxygens (including phenoxy) is 1. The molecule has 1 fully saturated rings. The molecule has 0 unspecified atom stereocenters. The van der Waals surface area contributed by atoms with E-state index in [2.05, 4.69) is 9.88 Å². The minimum atomic E-state index is -0.238. The molecule has 100 valence electrons. The first kappa shape index (κ1) is 13.2. The Bertz CT molecular complexity index is 397. The van der Waals surface area contributed by atoms with Crippen LogP contribution in [0.2, 0.25) is 0 Å². The van der Waals surface area contributed by atoms with Crippen molar-refractivity contribution in [1.29, 1.82) is 0 Å². The summed E-state index contributed by atoms with van der Waals surface area (Å²) in [5.41, 5.74) is -0.238. The Balaban J connectivity index is 1.95. The Morgan fingerprint density at radius 1 is 1.56 bits per heavy atom. The minimum absolute atomic E-state index is 0.238. The van der Waals surface area contributed by atoms with Gasteiger partial charge >= 0.3 is 0 Å². The van der Waals surface area contributed by atoms with Crippen molar-refractivity contribution in [3.8, 4) is 0 Å². The van der Waals surface area contributed by atoms with E-state index >= 15 is 0 Å². The summed E-state index contributed by atoms with van der Waals surface area (Å²) in [6.45, 7) is 2.91. The monoisotopic (exact) mass is 251 g/mol. The molecule has 1 aliphatic rings. The highest BCUT2D eigenvalue weighted by molar-refractivity contribution is 5.60. The molecule has 0 saturated carbocycles. The Hall–Kier alpha value is -1.20. The third-order valence-corrected chi connectivity index (χ3v) is 3.66. The van der Waals surface area contributed by atoms with Crippen molar-refractivity contribution in [2.45, 2.75) is 19.4 Å². The minimum Gasteiger partial charge on any atom is -0.381 e. The van der Waals surface area contributed by atoms with Gasteiger partial charge in [0.2, 0.25) is 0 Å². The van der Waals surface area contributed by atoms with E-state index in [0.717, 1.165) is 38.0 Å². The number of aldehydes is 1. The number of carbonyl (C=O) groups excluding carboxylic acids is 1. The van der Waals surface area contributed by atoms with E-state index in [1.54, 1.807) is 6.20 Å². The lowest BCUT2D eigenvalue weighted by molar-refractivity contribution is -0.122. The molecule has 0 bridgehead atoms. The van der Waals surface area contributed by atoms with Crippen molar-refractivity contribution in [2.24, 2.45) is 12.5 Å². The normalized spacial score (nSPS) is 19.1. The summed E-state index contributed by atoms with van der Waals surface area (Å²) in [6.07, 6.45) is 6.49. The second kappa shape index (κ2) is 5.63. The van der Waals surface area contributed by atoms with E-state index in [-0.39, 0.29) is 5.41 Å². The van der Waals surface area contributed by atoms with Crippen LogP contribution in [0.3, 0.4) is 0 Å². The molecule has 1 aromatic heterocycles. The van der Waals surface area contributed by atoms with Crippen LogP contribution in [-0.2, 0) is 23.1 Å². The molecule has 0 atom stereocenters. The van der Waals surface area contributed by atoms with Crippen molar-refractivity contribution >= 4 is 6.29 Å². The Labute approximate surface area is 108 Å². The first-order chi connectivity index (χ1) is 8.65. The summed E-state index contributed by atoms with van der Waals surface area (Å²) in [6, 6.07) is 0. The average Bonchev–Trinajstić information content (AvgIpc) is 2.76. The van der Waals surface area contributed by atoms with Crippen molar-refractivity contribution < 1.29 is 9.53 Å². The van der Waals surface area contributed by atoms with Gasteiger partial charge in [0, 0.05) is 44.6 Å². The van der Waals surface area contributed by atoms with Crippen LogP contribution in [0.25, 0.3) is 0 Å². The van der Waals surface area contributed by atoms with Crippen LogP contribution in [0.5, 0.6) is 0 Å². The number of imidazole rings is 1. The number of nitrogens with zero attached hydrogens (tertiary/aromatic N) is 3. The molecular weight excluding hydrogens is 230 g/mol. The third kappa shape index (κ3) is 2.97. The summed E-state index contributed by atoms with van der Waals surface area (Å²) >= 11 is 0. The van der Waals surface area contributed by atoms with Crippen molar-refractivity contribution in [3.63, 3.8) is 0 Å². The lowest BCUT2D eigenvalue weighted by Crippen LogP contribution is -2.41. The van der Waals surface area contributed by atoms with Crippen LogP contribution in [0.15, 0.2) is 12.4 Å². The highest BCUT2D eigenvalue weighted by Gasteiger charge is 2.33. The molecule has 5 heteroatoms. The predicted molar refractivity (Wildman–Crippen MR) is 68.1 cm³/mol. The number of carbonyl (C=O) groups is 1. The average molecular weight is 251 g/mol. The molecular formula is C13H21N3O2. The number of rotatable bonds is 5. The second-order valence-electron chi connectivity index (χ2n) is 5.22. The summed E-state index contributed by atoms with van der Waals surface area (Å²) in [5, 5.41) is 0. The number of aromatic nitrogens is 2. The molecule has 18 heavy (non-hydrogen) atoms. The number of aryl methyl sites for hydroxylation is 1. The Kier molecular flexibility index (Phi) is 4.14. The molecule has 5 nitrogen and oxygen atoms in total. The molecule has 2 heterocycles. The molecule has 0 aromatic carbocycles. The second-order valence-corrected chi connectivity index (χ2v) is 5.22. The van der Waals surface area contributed by atoms with Crippen molar-refractivity contribution in [3.05, 3.63) is 18.2 Å². The van der Waals surface area contributed by atoms with E-state index in [1.807, 2.05) is 24.9 Å². The molecule has 1 saturated heterocycles. The first-order valence-electron chi connectivity index (χ1n) is 6.34. The fourth-order valence-electron chi connectivity index (χ4n) is 2.47. The van der Waals surface area contributed by atoms with Gasteiger partial charge in [-0.25, -0.2) is 4.98 Å². The third-order valence-electron chi connectivity index (χ3n) is 3.66. The zero-order valence-electron chi connectivity index (χ0n) is 11.1. The number of hydrogen-bond acceptors (Lipinski definition) is 4. The maximum absolute atomic E-state index is 11.4. The maximum atomic E-state index is 11.4. The predicted octanol–water partition coefficient (Wildman–Crippen LogP) is 0.848. The molecule has 2 rings (SSSR count). The number of hydrogen-bond donors (Lipinski definition) is 0. The zero-order valence-corrected chi connectivity index (χ0v) is 11.1. The fraction of sp³-hybridized carbons (Fsp3) is 0.692. The van der Waals surface area contributed by atoms with E-state index in [4.69, 9.17) is 4.74 Å². The van der Waals surface area contributed by atoms with Crippen LogP contribution in [0.1, 0.15) is 18.7 Å². The van der Waals surface area contributed by atoms with Crippen LogP contribution >= 0.6 is 0 Å². The smallest absolute Gasteiger partial charge is 0.127 e. The van der Waals surface area contributed by atoms with Crippen LogP contribution in [-0.4, -0.2) is 47.5 Å². The summed E-state index contributed by atoms with van der Waals surface area (Å²) < 4.78 is 7.35. The Morgan fingerprint density at radius 3 is 2.83 bits per heavy atom. The lowest BCUT2D eigenvalue weighted by Gasteiger charge is -2.35. The molecule has 0 N–H and O–H groups in total. The quantitative estimate of drug-likeness (QED) is 0.728. The summed E-state index contributed by atoms with van der Waals surface area (Å²) in [4.78, 5) is 17.9. The van der Waals surface area contributed by atoms with Gasteiger partial charge in [0.05, 0.1) is 6.54 Å². The highest BCUT2D eigenvalue weighted by Crippen LogP contribution is 2.29. The van der Waals surface area contributed by atoms with Gasteiger partial charge in [-0.05, 0) is 19.9 Å². The fourth-order valence-corrected chi connectivity index (χ4v) is 2.47. The largest absolute Gasteiger partial charge is 0.381 e. The summed E-state index contributed by atoms with van der Waals surface area (Å²) in [5.74, 6) is 1.02.